The number of benzene rings is 2. The van der Waals surface area contributed by atoms with Crippen LogP contribution in [-0.2, 0) is 25.8 Å². The van der Waals surface area contributed by atoms with Crippen molar-refractivity contribution in [3.05, 3.63) is 51.7 Å². The van der Waals surface area contributed by atoms with Gasteiger partial charge >= 0.3 is 0 Å². The number of hydrogen-bond donors (Lipinski definition) is 0. The van der Waals surface area contributed by atoms with Gasteiger partial charge < -0.3 is 24.2 Å². The summed E-state index contributed by atoms with van der Waals surface area (Å²) in [5, 5.41) is 12.5. The lowest BCUT2D eigenvalue weighted by molar-refractivity contribution is -0.471. The average Bonchev–Trinajstić information content (AvgIpc) is 3.11. The van der Waals surface area contributed by atoms with Crippen LogP contribution < -0.4 is 18.9 Å². The van der Waals surface area contributed by atoms with Crippen LogP contribution in [0.25, 0.3) is 0 Å². The fourth-order valence-corrected chi connectivity index (χ4v) is 3.58. The molecule has 0 atom stereocenters. The van der Waals surface area contributed by atoms with Crippen molar-refractivity contribution in [3.8, 4) is 23.0 Å². The Bertz CT molecular complexity index is 875. The smallest absolute Gasteiger partial charge is 0.231 e. The molecule has 0 aromatic heterocycles. The maximum atomic E-state index is 12.5. The van der Waals surface area contributed by atoms with E-state index in [1.54, 1.807) is 20.4 Å². The zero-order valence-electron chi connectivity index (χ0n) is 14.9. The van der Waals surface area contributed by atoms with E-state index in [4.69, 9.17) is 18.9 Å². The molecule has 136 valence electrons. The van der Waals surface area contributed by atoms with Crippen LogP contribution in [0.1, 0.15) is 22.3 Å². The first-order valence-corrected chi connectivity index (χ1v) is 8.61. The van der Waals surface area contributed by atoms with Crippen LogP contribution in [0.15, 0.2) is 24.3 Å². The second kappa shape index (κ2) is 6.78. The van der Waals surface area contributed by atoms with E-state index in [-0.39, 0.29) is 13.3 Å². The number of ether oxygens (including phenoxy) is 4. The van der Waals surface area contributed by atoms with Gasteiger partial charge in [-0.3, -0.25) is 0 Å². The van der Waals surface area contributed by atoms with Crippen LogP contribution in [0.3, 0.4) is 0 Å². The minimum absolute atomic E-state index is 0.232. The van der Waals surface area contributed by atoms with Crippen molar-refractivity contribution in [2.24, 2.45) is 0 Å². The Morgan fingerprint density at radius 2 is 1.69 bits per heavy atom. The lowest BCUT2D eigenvalue weighted by atomic mass is 9.94. The molecule has 6 nitrogen and oxygen atoms in total. The first-order chi connectivity index (χ1) is 12.7. The molecule has 26 heavy (non-hydrogen) atoms. The van der Waals surface area contributed by atoms with Gasteiger partial charge in [0, 0.05) is 0 Å². The highest BCUT2D eigenvalue weighted by molar-refractivity contribution is 5.61. The molecule has 4 rings (SSSR count). The standard InChI is InChI=1S/C20H21NO5/c1-23-17-6-5-13-3-4-14-9-18-19(26-12-25-18)10-15(14)7-8-21(22)11-16(13)20(17)24-2/h5-6,8-10H,3-4,7,11-12H2,1-2H3/b21-8+. The molecule has 0 unspecified atom stereocenters. The van der Waals surface area contributed by atoms with Gasteiger partial charge in [0.2, 0.25) is 6.79 Å². The monoisotopic (exact) mass is 355 g/mol. The first kappa shape index (κ1) is 16.6. The minimum Gasteiger partial charge on any atom is -0.624 e. The number of rotatable bonds is 2. The van der Waals surface area contributed by atoms with Crippen LogP contribution in [0, 0.1) is 5.21 Å². The third-order valence-electron chi connectivity index (χ3n) is 4.93. The Morgan fingerprint density at radius 3 is 2.42 bits per heavy atom. The summed E-state index contributed by atoms with van der Waals surface area (Å²) in [6.07, 6.45) is 3.86. The molecule has 0 bridgehead atoms. The second-order valence-electron chi connectivity index (χ2n) is 6.37. The fourth-order valence-electron chi connectivity index (χ4n) is 3.58. The van der Waals surface area contributed by atoms with Gasteiger partial charge in [0.15, 0.2) is 35.8 Å². The Morgan fingerprint density at radius 1 is 0.962 bits per heavy atom. The Kier molecular flexibility index (Phi) is 4.32. The molecule has 0 radical (unpaired) electrons. The molecule has 0 fully saturated rings. The summed E-state index contributed by atoms with van der Waals surface area (Å²) in [7, 11) is 3.20. The first-order valence-electron chi connectivity index (χ1n) is 8.61. The molecule has 6 heteroatoms. The number of hydrogen-bond acceptors (Lipinski definition) is 5. The maximum Gasteiger partial charge on any atom is 0.231 e. The van der Waals surface area contributed by atoms with Gasteiger partial charge in [-0.15, -0.1) is 0 Å². The van der Waals surface area contributed by atoms with E-state index in [2.05, 4.69) is 0 Å². The van der Waals surface area contributed by atoms with E-state index in [0.717, 1.165) is 45.8 Å². The van der Waals surface area contributed by atoms with Gasteiger partial charge in [0.1, 0.15) is 0 Å². The van der Waals surface area contributed by atoms with E-state index < -0.39 is 0 Å². The maximum absolute atomic E-state index is 12.5. The third-order valence-corrected chi connectivity index (χ3v) is 4.93. The predicted molar refractivity (Wildman–Crippen MR) is 96.6 cm³/mol. The topological polar surface area (TPSA) is 63.0 Å². The van der Waals surface area contributed by atoms with Gasteiger partial charge in [-0.1, -0.05) is 6.07 Å². The molecule has 2 aliphatic heterocycles. The van der Waals surface area contributed by atoms with Crippen molar-refractivity contribution in [1.82, 2.24) is 0 Å². The van der Waals surface area contributed by atoms with E-state index >= 15 is 0 Å². The van der Waals surface area contributed by atoms with Gasteiger partial charge in [0.25, 0.3) is 0 Å². The van der Waals surface area contributed by atoms with Crippen molar-refractivity contribution in [1.29, 1.82) is 0 Å². The molecule has 0 spiro atoms. The van der Waals surface area contributed by atoms with Crippen molar-refractivity contribution in [2.45, 2.75) is 25.8 Å². The molecule has 2 aliphatic rings. The molecule has 0 aliphatic carbocycles. The summed E-state index contributed by atoms with van der Waals surface area (Å²) in [5.74, 6) is 2.79. The van der Waals surface area contributed by atoms with E-state index in [9.17, 15) is 5.21 Å². The van der Waals surface area contributed by atoms with Gasteiger partial charge in [-0.05, 0) is 47.7 Å². The van der Waals surface area contributed by atoms with E-state index in [1.165, 1.54) is 5.56 Å². The van der Waals surface area contributed by atoms with Crippen molar-refractivity contribution >= 4 is 6.21 Å². The minimum atomic E-state index is 0.232. The molecule has 2 aromatic carbocycles. The van der Waals surface area contributed by atoms with Gasteiger partial charge in [0.05, 0.1) is 26.2 Å². The molecule has 0 saturated heterocycles. The van der Waals surface area contributed by atoms with Gasteiger partial charge in [-0.2, -0.15) is 0 Å². The van der Waals surface area contributed by atoms with E-state index in [1.807, 2.05) is 24.3 Å². The summed E-state index contributed by atoms with van der Waals surface area (Å²) in [5.41, 5.74) is 4.23. The molecule has 0 saturated carbocycles. The molecule has 2 aromatic rings. The SMILES string of the molecule is COc1ccc2c(c1OC)C/[N+]([O-])=C\Cc1cc3c(cc1CC2)OCO3. The van der Waals surface area contributed by atoms with Crippen LogP contribution >= 0.6 is 0 Å². The Labute approximate surface area is 152 Å². The molecule has 0 N–H and O–H groups in total. The summed E-state index contributed by atoms with van der Waals surface area (Å²) >= 11 is 0. The number of fused-ring (bicyclic) bond motifs is 3. The molecule has 2 heterocycles. The van der Waals surface area contributed by atoms with Crippen LogP contribution in [-0.4, -0.2) is 32.0 Å². The second-order valence-corrected chi connectivity index (χ2v) is 6.37. The van der Waals surface area contributed by atoms with Crippen molar-refractivity contribution in [2.75, 3.05) is 21.0 Å². The molecular formula is C20H21NO5. The summed E-state index contributed by atoms with van der Waals surface area (Å²) in [6, 6.07) is 7.92. The number of nitrogens with zero attached hydrogens (tertiary/aromatic N) is 1. The quantitative estimate of drug-likeness (QED) is 0.612. The largest absolute Gasteiger partial charge is 0.624 e. The Hall–Kier alpha value is -2.89. The number of methoxy groups -OCH3 is 2. The average molecular weight is 355 g/mol. The summed E-state index contributed by atoms with van der Waals surface area (Å²) < 4.78 is 22.9. The molecular weight excluding hydrogens is 334 g/mol. The summed E-state index contributed by atoms with van der Waals surface area (Å²) in [6.45, 7) is 0.477. The Balaban J connectivity index is 1.78. The van der Waals surface area contributed by atoms with Crippen LogP contribution in [0.5, 0.6) is 23.0 Å². The highest BCUT2D eigenvalue weighted by atomic mass is 16.7. The van der Waals surface area contributed by atoms with Gasteiger partial charge in [-0.25, -0.2) is 4.74 Å². The van der Waals surface area contributed by atoms with Crippen molar-refractivity contribution in [3.63, 3.8) is 0 Å². The van der Waals surface area contributed by atoms with Crippen LogP contribution in [0.2, 0.25) is 0 Å². The zero-order chi connectivity index (χ0) is 18.1. The predicted octanol–water partition coefficient (Wildman–Crippen LogP) is 2.85. The zero-order valence-corrected chi connectivity index (χ0v) is 14.9. The van der Waals surface area contributed by atoms with E-state index in [0.29, 0.717) is 17.9 Å². The van der Waals surface area contributed by atoms with Crippen LogP contribution in [0.4, 0.5) is 0 Å². The fraction of sp³-hybridized carbons (Fsp3) is 0.350. The highest BCUT2D eigenvalue weighted by Gasteiger charge is 2.21. The molecule has 0 amide bonds. The lowest BCUT2D eigenvalue weighted by Crippen LogP contribution is -2.13. The summed E-state index contributed by atoms with van der Waals surface area (Å²) in [4.78, 5) is 0. The third kappa shape index (κ3) is 2.92. The number of hydroxylamine groups is 1. The van der Waals surface area contributed by atoms with Crippen molar-refractivity contribution < 1.29 is 23.7 Å². The normalized spacial score (nSPS) is 17.5. The number of aryl methyl sites for hydroxylation is 2. The highest BCUT2D eigenvalue weighted by Crippen LogP contribution is 2.37. The lowest BCUT2D eigenvalue weighted by Gasteiger charge is -2.18.